The van der Waals surface area contributed by atoms with Gasteiger partial charge in [0.25, 0.3) is 0 Å². The predicted molar refractivity (Wildman–Crippen MR) is 246 cm³/mol. The molecule has 0 unspecified atom stereocenters. The first kappa shape index (κ1) is 35.0. The summed E-state index contributed by atoms with van der Waals surface area (Å²) in [5.74, 6) is 1.74. The third kappa shape index (κ3) is 6.35. The molecular formula is C55H36N4O. The molecule has 9 aromatic carbocycles. The Balaban J connectivity index is 1.14. The zero-order chi connectivity index (χ0) is 39.8. The Bertz CT molecular complexity index is 3140. The van der Waals surface area contributed by atoms with Gasteiger partial charge in [-0.05, 0) is 69.4 Å². The number of hydrogen-bond donors (Lipinski definition) is 0. The first-order valence-corrected chi connectivity index (χ1v) is 20.1. The van der Waals surface area contributed by atoms with E-state index in [1.165, 1.54) is 11.1 Å². The van der Waals surface area contributed by atoms with Crippen molar-refractivity contribution in [1.82, 2.24) is 15.0 Å². The summed E-state index contributed by atoms with van der Waals surface area (Å²) in [5, 5.41) is 4.19. The van der Waals surface area contributed by atoms with Crippen LogP contribution in [0.25, 0.3) is 89.1 Å². The van der Waals surface area contributed by atoms with E-state index in [1.54, 1.807) is 0 Å². The molecule has 0 N–H and O–H groups in total. The van der Waals surface area contributed by atoms with Gasteiger partial charge in [-0.2, -0.15) is 0 Å². The highest BCUT2D eigenvalue weighted by Crippen LogP contribution is 2.46. The minimum Gasteiger partial charge on any atom is -0.453 e. The lowest BCUT2D eigenvalue weighted by Gasteiger charge is -2.26. The number of benzene rings is 9. The number of hydrogen-bond acceptors (Lipinski definition) is 5. The van der Waals surface area contributed by atoms with Crippen LogP contribution in [0.2, 0.25) is 0 Å². The fourth-order valence-corrected chi connectivity index (χ4v) is 8.20. The quantitative estimate of drug-likeness (QED) is 0.154. The number of furan rings is 1. The summed E-state index contributed by atoms with van der Waals surface area (Å²) in [6, 6.07) is 75.7. The SMILES string of the molecule is c1ccc(-c2ccc(N(c3ccc(-c4ccccc4)cc3)c3cccc4c3oc3c(-c5nc(-c6ccccc6)nc(-c6ccccc6)n5)cc5ccccc5c34)cc2)cc1. The van der Waals surface area contributed by atoms with Crippen LogP contribution in [0.5, 0.6) is 0 Å². The average molecular weight is 769 g/mol. The Hall–Kier alpha value is -8.15. The van der Waals surface area contributed by atoms with E-state index in [2.05, 4.69) is 150 Å². The number of aromatic nitrogens is 3. The number of rotatable bonds is 8. The molecule has 0 fully saturated rings. The zero-order valence-corrected chi connectivity index (χ0v) is 32.5. The first-order chi connectivity index (χ1) is 29.7. The van der Waals surface area contributed by atoms with E-state index in [9.17, 15) is 0 Å². The van der Waals surface area contributed by atoms with Crippen LogP contribution in [-0.2, 0) is 0 Å². The van der Waals surface area contributed by atoms with Crippen LogP contribution in [0.15, 0.2) is 223 Å². The van der Waals surface area contributed by atoms with E-state index >= 15 is 0 Å². The molecule has 0 aliphatic rings. The molecule has 282 valence electrons. The Morgan fingerprint density at radius 1 is 0.333 bits per heavy atom. The summed E-state index contributed by atoms with van der Waals surface area (Å²) < 4.78 is 7.24. The maximum atomic E-state index is 7.24. The summed E-state index contributed by atoms with van der Waals surface area (Å²) in [4.78, 5) is 17.6. The fourth-order valence-electron chi connectivity index (χ4n) is 8.20. The molecule has 0 aliphatic heterocycles. The molecule has 0 aliphatic carbocycles. The summed E-state index contributed by atoms with van der Waals surface area (Å²) in [5.41, 5.74) is 11.7. The van der Waals surface area contributed by atoms with Gasteiger partial charge < -0.3 is 9.32 Å². The Labute approximate surface area is 347 Å². The van der Waals surface area contributed by atoms with Crippen LogP contribution in [0.1, 0.15) is 0 Å². The van der Waals surface area contributed by atoms with Crippen molar-refractivity contribution in [3.05, 3.63) is 218 Å². The number of nitrogens with zero attached hydrogens (tertiary/aromatic N) is 4. The molecule has 0 atom stereocenters. The highest BCUT2D eigenvalue weighted by atomic mass is 16.3. The topological polar surface area (TPSA) is 55.1 Å². The maximum Gasteiger partial charge on any atom is 0.167 e. The van der Waals surface area contributed by atoms with Crippen LogP contribution >= 0.6 is 0 Å². The molecule has 2 aromatic heterocycles. The van der Waals surface area contributed by atoms with E-state index < -0.39 is 0 Å². The highest BCUT2D eigenvalue weighted by Gasteiger charge is 2.24. The first-order valence-electron chi connectivity index (χ1n) is 20.1. The van der Waals surface area contributed by atoms with Crippen molar-refractivity contribution >= 4 is 49.8 Å². The minimum absolute atomic E-state index is 0.545. The standard InChI is InChI=1S/C55H36N4O/c1-5-16-37(17-6-1)39-28-32-44(33-29-39)59(45-34-30-40(31-35-45)38-18-7-2-8-19-38)49-27-15-26-47-50-46-25-14-13-24-43(46)36-48(52(50)60-51(47)49)55-57-53(41-20-9-3-10-21-41)56-54(58-55)42-22-11-4-12-23-42/h1-36H. The fraction of sp³-hybridized carbons (Fsp3) is 0. The second-order valence-electron chi connectivity index (χ2n) is 14.8. The molecule has 5 nitrogen and oxygen atoms in total. The predicted octanol–water partition coefficient (Wildman–Crippen LogP) is 14.7. The van der Waals surface area contributed by atoms with Crippen LogP contribution in [0.4, 0.5) is 17.1 Å². The molecule has 0 saturated heterocycles. The van der Waals surface area contributed by atoms with Gasteiger partial charge in [0.05, 0.1) is 11.3 Å². The van der Waals surface area contributed by atoms with Gasteiger partial charge in [0, 0.05) is 33.3 Å². The largest absolute Gasteiger partial charge is 0.453 e. The molecule has 0 spiro atoms. The molecule has 2 heterocycles. The van der Waals surface area contributed by atoms with Gasteiger partial charge in [-0.3, -0.25) is 0 Å². The molecule has 11 rings (SSSR count). The molecule has 11 aromatic rings. The van der Waals surface area contributed by atoms with Crippen molar-refractivity contribution in [2.24, 2.45) is 0 Å². The second kappa shape index (κ2) is 15.0. The minimum atomic E-state index is 0.545. The van der Waals surface area contributed by atoms with Crippen LogP contribution in [-0.4, -0.2) is 15.0 Å². The molecular weight excluding hydrogens is 733 g/mol. The van der Waals surface area contributed by atoms with Crippen molar-refractivity contribution in [1.29, 1.82) is 0 Å². The zero-order valence-electron chi connectivity index (χ0n) is 32.5. The number of para-hydroxylation sites is 1. The van der Waals surface area contributed by atoms with Crippen molar-refractivity contribution in [2.75, 3.05) is 4.90 Å². The molecule has 0 amide bonds. The molecule has 60 heavy (non-hydrogen) atoms. The van der Waals surface area contributed by atoms with Gasteiger partial charge in [-0.15, -0.1) is 0 Å². The van der Waals surface area contributed by atoms with E-state index in [0.29, 0.717) is 17.5 Å². The van der Waals surface area contributed by atoms with Crippen molar-refractivity contribution in [2.45, 2.75) is 0 Å². The third-order valence-corrected chi connectivity index (χ3v) is 11.1. The van der Waals surface area contributed by atoms with E-state index in [4.69, 9.17) is 19.4 Å². The van der Waals surface area contributed by atoms with Gasteiger partial charge in [-0.1, -0.05) is 182 Å². The Morgan fingerprint density at radius 3 is 1.30 bits per heavy atom. The van der Waals surface area contributed by atoms with Crippen molar-refractivity contribution < 1.29 is 4.42 Å². The highest BCUT2D eigenvalue weighted by molar-refractivity contribution is 6.24. The maximum absolute atomic E-state index is 7.24. The van der Waals surface area contributed by atoms with Gasteiger partial charge in [0.15, 0.2) is 23.1 Å². The normalized spacial score (nSPS) is 11.3. The smallest absolute Gasteiger partial charge is 0.167 e. The number of anilines is 3. The van der Waals surface area contributed by atoms with E-state index in [-0.39, 0.29) is 0 Å². The molecule has 0 bridgehead atoms. The second-order valence-corrected chi connectivity index (χ2v) is 14.8. The van der Waals surface area contributed by atoms with Crippen molar-refractivity contribution in [3.63, 3.8) is 0 Å². The van der Waals surface area contributed by atoms with E-state index in [1.807, 2.05) is 72.8 Å². The number of fused-ring (bicyclic) bond motifs is 5. The third-order valence-electron chi connectivity index (χ3n) is 11.1. The summed E-state index contributed by atoms with van der Waals surface area (Å²) >= 11 is 0. The van der Waals surface area contributed by atoms with Gasteiger partial charge >= 0.3 is 0 Å². The average Bonchev–Trinajstić information content (AvgIpc) is 3.74. The van der Waals surface area contributed by atoms with Crippen molar-refractivity contribution in [3.8, 4) is 56.4 Å². The monoisotopic (exact) mass is 768 g/mol. The Morgan fingerprint density at radius 2 is 0.767 bits per heavy atom. The summed E-state index contributed by atoms with van der Waals surface area (Å²) in [6.45, 7) is 0. The van der Waals surface area contributed by atoms with Crippen LogP contribution in [0, 0.1) is 0 Å². The van der Waals surface area contributed by atoms with Crippen LogP contribution < -0.4 is 4.90 Å². The lowest BCUT2D eigenvalue weighted by molar-refractivity contribution is 0.670. The summed E-state index contributed by atoms with van der Waals surface area (Å²) in [6.07, 6.45) is 0. The molecule has 5 heteroatoms. The van der Waals surface area contributed by atoms with Gasteiger partial charge in [0.2, 0.25) is 0 Å². The lowest BCUT2D eigenvalue weighted by atomic mass is 9.99. The van der Waals surface area contributed by atoms with E-state index in [0.717, 1.165) is 77.6 Å². The summed E-state index contributed by atoms with van der Waals surface area (Å²) in [7, 11) is 0. The van der Waals surface area contributed by atoms with Crippen LogP contribution in [0.3, 0.4) is 0 Å². The molecule has 0 radical (unpaired) electrons. The lowest BCUT2D eigenvalue weighted by Crippen LogP contribution is -2.10. The Kier molecular flexibility index (Phi) is 8.75. The van der Waals surface area contributed by atoms with Gasteiger partial charge in [-0.25, -0.2) is 15.0 Å². The van der Waals surface area contributed by atoms with Gasteiger partial charge in [0.1, 0.15) is 5.58 Å². The molecule has 0 saturated carbocycles.